The van der Waals surface area contributed by atoms with Crippen LogP contribution >= 0.6 is 0 Å². The normalized spacial score (nSPS) is 10.5. The number of rotatable bonds is 4. The molecular formula is C15H14N4O2. The third-order valence-corrected chi connectivity index (χ3v) is 3.00. The number of anilines is 1. The van der Waals surface area contributed by atoms with E-state index in [-0.39, 0.29) is 5.91 Å². The Bertz CT molecular complexity index is 782. The van der Waals surface area contributed by atoms with Gasteiger partial charge in [-0.2, -0.15) is 5.10 Å². The Kier molecular flexibility index (Phi) is 3.51. The van der Waals surface area contributed by atoms with Crippen molar-refractivity contribution in [1.82, 2.24) is 15.2 Å². The molecule has 0 aliphatic rings. The lowest BCUT2D eigenvalue weighted by molar-refractivity contribution is 0.102. The van der Waals surface area contributed by atoms with Crippen molar-refractivity contribution < 1.29 is 9.53 Å². The van der Waals surface area contributed by atoms with Crippen molar-refractivity contribution in [2.45, 2.75) is 6.92 Å². The van der Waals surface area contributed by atoms with Crippen LogP contribution in [0.1, 0.15) is 17.3 Å². The zero-order chi connectivity index (χ0) is 14.7. The molecule has 0 saturated carbocycles. The molecule has 0 atom stereocenters. The maximum Gasteiger partial charge on any atom is 0.255 e. The standard InChI is InChI=1S/C15H14N4O2/c1-2-21-15-12(4-3-7-16-15)18-14(20)10-5-6-11-9-17-19-13(11)8-10/h3-9H,2H2,1H3,(H,17,19)(H,18,20). The van der Waals surface area contributed by atoms with E-state index in [1.807, 2.05) is 13.0 Å². The van der Waals surface area contributed by atoms with Crippen LogP contribution in [0.4, 0.5) is 5.69 Å². The van der Waals surface area contributed by atoms with E-state index in [9.17, 15) is 4.79 Å². The van der Waals surface area contributed by atoms with Gasteiger partial charge in [-0.15, -0.1) is 0 Å². The molecule has 2 N–H and O–H groups in total. The maximum absolute atomic E-state index is 12.3. The summed E-state index contributed by atoms with van der Waals surface area (Å²) in [4.78, 5) is 16.4. The fraction of sp³-hybridized carbons (Fsp3) is 0.133. The molecule has 1 amide bonds. The number of nitrogens with zero attached hydrogens (tertiary/aromatic N) is 2. The number of aromatic nitrogens is 3. The Labute approximate surface area is 121 Å². The number of pyridine rings is 1. The van der Waals surface area contributed by atoms with E-state index < -0.39 is 0 Å². The second-order valence-electron chi connectivity index (χ2n) is 4.42. The minimum Gasteiger partial charge on any atom is -0.476 e. The van der Waals surface area contributed by atoms with Crippen molar-refractivity contribution in [2.24, 2.45) is 0 Å². The SMILES string of the molecule is CCOc1ncccc1NC(=O)c1ccc2cn[nH]c2c1. The van der Waals surface area contributed by atoms with Gasteiger partial charge in [0.2, 0.25) is 5.88 Å². The lowest BCUT2D eigenvalue weighted by atomic mass is 10.1. The molecule has 2 heterocycles. The minimum atomic E-state index is -0.222. The molecular weight excluding hydrogens is 268 g/mol. The molecule has 0 aliphatic heterocycles. The van der Waals surface area contributed by atoms with Crippen molar-refractivity contribution in [3.63, 3.8) is 0 Å². The third kappa shape index (κ3) is 2.69. The van der Waals surface area contributed by atoms with Crippen molar-refractivity contribution in [3.05, 3.63) is 48.3 Å². The molecule has 6 heteroatoms. The number of fused-ring (bicyclic) bond motifs is 1. The molecule has 0 bridgehead atoms. The van der Waals surface area contributed by atoms with E-state index in [1.165, 1.54) is 0 Å². The monoisotopic (exact) mass is 282 g/mol. The molecule has 0 fully saturated rings. The third-order valence-electron chi connectivity index (χ3n) is 3.00. The van der Waals surface area contributed by atoms with E-state index in [1.54, 1.807) is 36.7 Å². The highest BCUT2D eigenvalue weighted by Gasteiger charge is 2.11. The van der Waals surface area contributed by atoms with Gasteiger partial charge < -0.3 is 10.1 Å². The Morgan fingerprint density at radius 3 is 3.14 bits per heavy atom. The highest BCUT2D eigenvalue weighted by atomic mass is 16.5. The van der Waals surface area contributed by atoms with Crippen LogP contribution in [-0.2, 0) is 0 Å². The molecule has 0 saturated heterocycles. The van der Waals surface area contributed by atoms with Crippen LogP contribution in [0.25, 0.3) is 10.9 Å². The number of nitrogens with one attached hydrogen (secondary N) is 2. The zero-order valence-corrected chi connectivity index (χ0v) is 11.5. The number of benzene rings is 1. The fourth-order valence-corrected chi connectivity index (χ4v) is 2.01. The van der Waals surface area contributed by atoms with Gasteiger partial charge in [0.15, 0.2) is 0 Å². The molecule has 0 aliphatic carbocycles. The van der Waals surface area contributed by atoms with Crippen LogP contribution < -0.4 is 10.1 Å². The number of carbonyl (C=O) groups is 1. The molecule has 1 aromatic carbocycles. The highest BCUT2D eigenvalue weighted by molar-refractivity contribution is 6.06. The summed E-state index contributed by atoms with van der Waals surface area (Å²) >= 11 is 0. The van der Waals surface area contributed by atoms with Gasteiger partial charge >= 0.3 is 0 Å². The van der Waals surface area contributed by atoms with Crippen LogP contribution in [0.3, 0.4) is 0 Å². The van der Waals surface area contributed by atoms with E-state index in [0.717, 1.165) is 10.9 Å². The van der Waals surface area contributed by atoms with Gasteiger partial charge in [-0.05, 0) is 31.2 Å². The number of carbonyl (C=O) groups excluding carboxylic acids is 1. The van der Waals surface area contributed by atoms with Crippen molar-refractivity contribution in [1.29, 1.82) is 0 Å². The molecule has 6 nitrogen and oxygen atoms in total. The first kappa shape index (κ1) is 13.1. The smallest absolute Gasteiger partial charge is 0.255 e. The Morgan fingerprint density at radius 1 is 1.38 bits per heavy atom. The molecule has 3 aromatic rings. The highest BCUT2D eigenvalue weighted by Crippen LogP contribution is 2.22. The number of ether oxygens (including phenoxy) is 1. The molecule has 0 spiro atoms. The molecule has 3 rings (SSSR count). The van der Waals surface area contributed by atoms with Crippen LogP contribution in [0.5, 0.6) is 5.88 Å². The Hall–Kier alpha value is -2.89. The van der Waals surface area contributed by atoms with Gasteiger partial charge in [0, 0.05) is 17.1 Å². The Balaban J connectivity index is 1.85. The van der Waals surface area contributed by atoms with E-state index in [4.69, 9.17) is 4.74 Å². The Morgan fingerprint density at radius 2 is 2.29 bits per heavy atom. The van der Waals surface area contributed by atoms with Crippen LogP contribution in [0, 0.1) is 0 Å². The average Bonchev–Trinajstić information content (AvgIpc) is 2.97. The van der Waals surface area contributed by atoms with Crippen LogP contribution in [0.15, 0.2) is 42.7 Å². The first-order chi connectivity index (χ1) is 10.3. The van der Waals surface area contributed by atoms with Crippen LogP contribution in [-0.4, -0.2) is 27.7 Å². The molecule has 0 radical (unpaired) electrons. The first-order valence-electron chi connectivity index (χ1n) is 6.60. The van der Waals surface area contributed by atoms with Crippen molar-refractivity contribution >= 4 is 22.5 Å². The van der Waals surface area contributed by atoms with Gasteiger partial charge in [0.1, 0.15) is 5.69 Å². The summed E-state index contributed by atoms with van der Waals surface area (Å²) in [6, 6.07) is 8.86. The van der Waals surface area contributed by atoms with Crippen molar-refractivity contribution in [3.8, 4) is 5.88 Å². The summed E-state index contributed by atoms with van der Waals surface area (Å²) in [5, 5.41) is 10.5. The lowest BCUT2D eigenvalue weighted by Gasteiger charge is -2.10. The number of hydrogen-bond donors (Lipinski definition) is 2. The second kappa shape index (κ2) is 5.62. The van der Waals surface area contributed by atoms with Gasteiger partial charge in [0.25, 0.3) is 5.91 Å². The summed E-state index contributed by atoms with van der Waals surface area (Å²) in [6.07, 6.45) is 3.34. The summed E-state index contributed by atoms with van der Waals surface area (Å²) in [6.45, 7) is 2.35. The predicted molar refractivity (Wildman–Crippen MR) is 79.5 cm³/mol. The molecule has 0 unspecified atom stereocenters. The molecule has 2 aromatic heterocycles. The van der Waals surface area contributed by atoms with E-state index in [2.05, 4.69) is 20.5 Å². The van der Waals surface area contributed by atoms with Gasteiger partial charge in [0.05, 0.1) is 18.3 Å². The van der Waals surface area contributed by atoms with Crippen LogP contribution in [0.2, 0.25) is 0 Å². The molecule has 106 valence electrons. The number of aromatic amines is 1. The largest absolute Gasteiger partial charge is 0.476 e. The van der Waals surface area contributed by atoms with Gasteiger partial charge in [-0.1, -0.05) is 6.07 Å². The quantitative estimate of drug-likeness (QED) is 0.770. The number of amides is 1. The summed E-state index contributed by atoms with van der Waals surface area (Å²) in [5.41, 5.74) is 1.91. The summed E-state index contributed by atoms with van der Waals surface area (Å²) < 4.78 is 5.39. The summed E-state index contributed by atoms with van der Waals surface area (Å²) in [7, 11) is 0. The summed E-state index contributed by atoms with van der Waals surface area (Å²) in [5.74, 6) is 0.191. The fourth-order valence-electron chi connectivity index (χ4n) is 2.01. The minimum absolute atomic E-state index is 0.222. The average molecular weight is 282 g/mol. The van der Waals surface area contributed by atoms with Crippen molar-refractivity contribution in [2.75, 3.05) is 11.9 Å². The zero-order valence-electron chi connectivity index (χ0n) is 11.5. The van der Waals surface area contributed by atoms with E-state index in [0.29, 0.717) is 23.7 Å². The topological polar surface area (TPSA) is 79.9 Å². The molecule has 21 heavy (non-hydrogen) atoms. The van der Waals surface area contributed by atoms with Gasteiger partial charge in [-0.3, -0.25) is 9.89 Å². The van der Waals surface area contributed by atoms with E-state index >= 15 is 0 Å². The lowest BCUT2D eigenvalue weighted by Crippen LogP contribution is -2.13. The number of hydrogen-bond acceptors (Lipinski definition) is 4. The van der Waals surface area contributed by atoms with Gasteiger partial charge in [-0.25, -0.2) is 4.98 Å². The predicted octanol–water partition coefficient (Wildman–Crippen LogP) is 2.61. The second-order valence-corrected chi connectivity index (χ2v) is 4.42. The maximum atomic E-state index is 12.3. The first-order valence-corrected chi connectivity index (χ1v) is 6.60. The number of H-pyrrole nitrogens is 1.